The van der Waals surface area contributed by atoms with Crippen molar-refractivity contribution in [3.05, 3.63) is 42.7 Å². The number of nitrogens with zero attached hydrogens (tertiary/aromatic N) is 3. The van der Waals surface area contributed by atoms with E-state index in [2.05, 4.69) is 25.5 Å². The van der Waals surface area contributed by atoms with Gasteiger partial charge in [-0.3, -0.25) is 9.97 Å². The number of rotatable bonds is 7. The number of hydrogen-bond donors (Lipinski definition) is 2. The number of amides is 2. The second-order valence-electron chi connectivity index (χ2n) is 6.64. The van der Waals surface area contributed by atoms with Crippen LogP contribution >= 0.6 is 0 Å². The van der Waals surface area contributed by atoms with Crippen LogP contribution in [-0.2, 0) is 0 Å². The molecule has 0 aromatic carbocycles. The van der Waals surface area contributed by atoms with Crippen molar-refractivity contribution in [3.8, 4) is 11.4 Å². The summed E-state index contributed by atoms with van der Waals surface area (Å²) in [5.74, 6) is 0. The lowest BCUT2D eigenvalue weighted by molar-refractivity contribution is 0.224. The SMILES string of the molecule is O=C(NCCCCN1CCCCC1)Nc1ccc(-c2ccccn2)nc1. The van der Waals surface area contributed by atoms with Crippen LogP contribution in [0.4, 0.5) is 10.5 Å². The number of carbonyl (C=O) groups is 1. The predicted octanol–water partition coefficient (Wildman–Crippen LogP) is 3.53. The van der Waals surface area contributed by atoms with Crippen LogP contribution in [0.15, 0.2) is 42.7 Å². The molecular formula is C20H27N5O. The minimum Gasteiger partial charge on any atom is -0.338 e. The zero-order valence-corrected chi connectivity index (χ0v) is 15.2. The normalized spacial score (nSPS) is 14.8. The molecule has 2 amide bonds. The van der Waals surface area contributed by atoms with Crippen molar-refractivity contribution < 1.29 is 4.79 Å². The Morgan fingerprint density at radius 1 is 1.00 bits per heavy atom. The molecule has 1 aliphatic heterocycles. The smallest absolute Gasteiger partial charge is 0.319 e. The van der Waals surface area contributed by atoms with Gasteiger partial charge in [0.2, 0.25) is 0 Å². The highest BCUT2D eigenvalue weighted by Gasteiger charge is 2.09. The van der Waals surface area contributed by atoms with Crippen LogP contribution in [0.3, 0.4) is 0 Å². The van der Waals surface area contributed by atoms with E-state index in [1.54, 1.807) is 12.4 Å². The lowest BCUT2D eigenvalue weighted by Crippen LogP contribution is -2.32. The van der Waals surface area contributed by atoms with E-state index >= 15 is 0 Å². The van der Waals surface area contributed by atoms with E-state index in [1.807, 2.05) is 30.3 Å². The number of pyridine rings is 2. The number of unbranched alkanes of at least 4 members (excludes halogenated alkanes) is 1. The van der Waals surface area contributed by atoms with Crippen molar-refractivity contribution >= 4 is 11.7 Å². The van der Waals surface area contributed by atoms with Gasteiger partial charge in [-0.1, -0.05) is 12.5 Å². The predicted molar refractivity (Wildman–Crippen MR) is 104 cm³/mol. The second kappa shape index (κ2) is 9.87. The van der Waals surface area contributed by atoms with Gasteiger partial charge in [-0.2, -0.15) is 0 Å². The first-order chi connectivity index (χ1) is 12.8. The highest BCUT2D eigenvalue weighted by atomic mass is 16.2. The van der Waals surface area contributed by atoms with Gasteiger partial charge < -0.3 is 15.5 Å². The first kappa shape index (κ1) is 18.3. The number of hydrogen-bond acceptors (Lipinski definition) is 4. The summed E-state index contributed by atoms with van der Waals surface area (Å²) in [6, 6.07) is 9.22. The molecule has 1 saturated heterocycles. The maximum atomic E-state index is 12.0. The van der Waals surface area contributed by atoms with Gasteiger partial charge in [-0.05, 0) is 69.6 Å². The average molecular weight is 353 g/mol. The molecule has 0 aliphatic carbocycles. The van der Waals surface area contributed by atoms with Gasteiger partial charge in [-0.15, -0.1) is 0 Å². The third-order valence-electron chi connectivity index (χ3n) is 4.58. The molecule has 0 spiro atoms. The Morgan fingerprint density at radius 3 is 2.58 bits per heavy atom. The van der Waals surface area contributed by atoms with Crippen LogP contribution in [0.25, 0.3) is 11.4 Å². The number of urea groups is 1. The Hall–Kier alpha value is -2.47. The van der Waals surface area contributed by atoms with Gasteiger partial charge >= 0.3 is 6.03 Å². The van der Waals surface area contributed by atoms with Crippen molar-refractivity contribution in [2.24, 2.45) is 0 Å². The Morgan fingerprint density at radius 2 is 1.85 bits per heavy atom. The third-order valence-corrected chi connectivity index (χ3v) is 4.58. The van der Waals surface area contributed by atoms with E-state index in [9.17, 15) is 4.79 Å². The minimum atomic E-state index is -0.185. The van der Waals surface area contributed by atoms with Crippen LogP contribution in [0.5, 0.6) is 0 Å². The molecule has 2 N–H and O–H groups in total. The highest BCUT2D eigenvalue weighted by Crippen LogP contribution is 2.15. The van der Waals surface area contributed by atoms with Crippen LogP contribution in [0.2, 0.25) is 0 Å². The second-order valence-corrected chi connectivity index (χ2v) is 6.64. The summed E-state index contributed by atoms with van der Waals surface area (Å²) in [7, 11) is 0. The van der Waals surface area contributed by atoms with Crippen molar-refractivity contribution in [2.45, 2.75) is 32.1 Å². The average Bonchev–Trinajstić information content (AvgIpc) is 2.70. The zero-order valence-electron chi connectivity index (χ0n) is 15.2. The lowest BCUT2D eigenvalue weighted by Gasteiger charge is -2.26. The maximum Gasteiger partial charge on any atom is 0.319 e. The van der Waals surface area contributed by atoms with E-state index in [4.69, 9.17) is 0 Å². The van der Waals surface area contributed by atoms with Crippen LogP contribution in [0.1, 0.15) is 32.1 Å². The highest BCUT2D eigenvalue weighted by molar-refractivity contribution is 5.89. The molecule has 0 saturated carbocycles. The molecule has 138 valence electrons. The number of piperidine rings is 1. The van der Waals surface area contributed by atoms with E-state index in [0.717, 1.165) is 30.8 Å². The van der Waals surface area contributed by atoms with Crippen molar-refractivity contribution in [1.82, 2.24) is 20.2 Å². The summed E-state index contributed by atoms with van der Waals surface area (Å²) in [4.78, 5) is 23.1. The molecule has 6 heteroatoms. The molecule has 0 atom stereocenters. The van der Waals surface area contributed by atoms with Crippen LogP contribution < -0.4 is 10.6 Å². The summed E-state index contributed by atoms with van der Waals surface area (Å²) in [6.45, 7) is 4.30. The largest absolute Gasteiger partial charge is 0.338 e. The molecule has 1 fully saturated rings. The minimum absolute atomic E-state index is 0.185. The lowest BCUT2D eigenvalue weighted by atomic mass is 10.1. The Balaban J connectivity index is 1.34. The number of aromatic nitrogens is 2. The molecule has 2 aromatic heterocycles. The molecule has 2 aromatic rings. The molecule has 1 aliphatic rings. The quantitative estimate of drug-likeness (QED) is 0.747. The number of nitrogens with one attached hydrogen (secondary N) is 2. The van der Waals surface area contributed by atoms with Gasteiger partial charge in [0.25, 0.3) is 0 Å². The number of carbonyl (C=O) groups excluding carboxylic acids is 1. The summed E-state index contributed by atoms with van der Waals surface area (Å²) >= 11 is 0. The standard InChI is InChI=1S/C20H27N5O/c26-20(22-12-4-7-15-25-13-5-1-6-14-25)24-17-9-10-19(23-16-17)18-8-2-3-11-21-18/h2-3,8-11,16H,1,4-7,12-15H2,(H2,22,24,26). The number of likely N-dealkylation sites (tertiary alicyclic amines) is 1. The topological polar surface area (TPSA) is 70.2 Å². The molecular weight excluding hydrogens is 326 g/mol. The zero-order chi connectivity index (χ0) is 18.0. The Kier molecular flexibility index (Phi) is 6.96. The first-order valence-corrected chi connectivity index (χ1v) is 9.46. The van der Waals surface area contributed by atoms with Crippen LogP contribution in [-0.4, -0.2) is 47.1 Å². The van der Waals surface area contributed by atoms with Crippen molar-refractivity contribution in [2.75, 3.05) is 31.5 Å². The summed E-state index contributed by atoms with van der Waals surface area (Å²) in [6.07, 6.45) is 9.54. The molecule has 3 rings (SSSR count). The molecule has 0 bridgehead atoms. The molecule has 0 unspecified atom stereocenters. The molecule has 6 nitrogen and oxygen atoms in total. The Bertz CT molecular complexity index is 668. The van der Waals surface area contributed by atoms with Gasteiger partial charge in [0, 0.05) is 12.7 Å². The fourth-order valence-corrected chi connectivity index (χ4v) is 3.15. The van der Waals surface area contributed by atoms with Crippen molar-refractivity contribution in [1.29, 1.82) is 0 Å². The molecule has 26 heavy (non-hydrogen) atoms. The maximum absolute atomic E-state index is 12.0. The van der Waals surface area contributed by atoms with E-state index < -0.39 is 0 Å². The fourth-order valence-electron chi connectivity index (χ4n) is 3.15. The summed E-state index contributed by atoms with van der Waals surface area (Å²) < 4.78 is 0. The van der Waals surface area contributed by atoms with Gasteiger partial charge in [0.1, 0.15) is 0 Å². The molecule has 0 radical (unpaired) electrons. The summed E-state index contributed by atoms with van der Waals surface area (Å²) in [5, 5.41) is 5.72. The first-order valence-electron chi connectivity index (χ1n) is 9.46. The van der Waals surface area contributed by atoms with E-state index in [0.29, 0.717) is 12.2 Å². The Labute approximate surface area is 155 Å². The third kappa shape index (κ3) is 5.81. The monoisotopic (exact) mass is 353 g/mol. The van der Waals surface area contributed by atoms with Gasteiger partial charge in [0.05, 0.1) is 23.3 Å². The van der Waals surface area contributed by atoms with Gasteiger partial charge in [0.15, 0.2) is 0 Å². The molecule has 3 heterocycles. The fraction of sp³-hybridized carbons (Fsp3) is 0.450. The summed E-state index contributed by atoms with van der Waals surface area (Å²) in [5.41, 5.74) is 2.28. The van der Waals surface area contributed by atoms with E-state index in [1.165, 1.54) is 32.4 Å². The number of anilines is 1. The van der Waals surface area contributed by atoms with Crippen LogP contribution in [0, 0.1) is 0 Å². The van der Waals surface area contributed by atoms with E-state index in [-0.39, 0.29) is 6.03 Å². The van der Waals surface area contributed by atoms with Gasteiger partial charge in [-0.25, -0.2) is 4.79 Å². The van der Waals surface area contributed by atoms with Crippen molar-refractivity contribution in [3.63, 3.8) is 0 Å².